The minimum absolute atomic E-state index is 0.208. The van der Waals surface area contributed by atoms with E-state index in [2.05, 4.69) is 20.8 Å². The van der Waals surface area contributed by atoms with E-state index in [0.29, 0.717) is 5.76 Å². The van der Waals surface area contributed by atoms with Gasteiger partial charge >= 0.3 is 0 Å². The van der Waals surface area contributed by atoms with Crippen molar-refractivity contribution in [2.75, 3.05) is 5.32 Å². The molecule has 0 spiro atoms. The van der Waals surface area contributed by atoms with Gasteiger partial charge in [0.05, 0.1) is 11.1 Å². The molecule has 0 atom stereocenters. The molecule has 0 saturated heterocycles. The maximum Gasteiger partial charge on any atom is 0.258 e. The topological polar surface area (TPSA) is 97.1 Å². The van der Waals surface area contributed by atoms with E-state index in [-0.39, 0.29) is 29.3 Å². The van der Waals surface area contributed by atoms with Crippen molar-refractivity contribution in [2.45, 2.75) is 13.5 Å². The molecular formula is C18H15FN4O3. The molecule has 0 radical (unpaired) electrons. The maximum atomic E-state index is 12.9. The van der Waals surface area contributed by atoms with Crippen LogP contribution in [0.5, 0.6) is 0 Å². The Morgan fingerprint density at radius 2 is 1.77 bits per heavy atom. The molecule has 3 aromatic rings. The van der Waals surface area contributed by atoms with Crippen molar-refractivity contribution in [2.24, 2.45) is 0 Å². The molecule has 8 heteroatoms. The van der Waals surface area contributed by atoms with E-state index >= 15 is 0 Å². The lowest BCUT2D eigenvalue weighted by atomic mass is 10.1. The van der Waals surface area contributed by atoms with E-state index in [0.717, 1.165) is 5.56 Å². The van der Waals surface area contributed by atoms with Crippen LogP contribution < -0.4 is 10.6 Å². The van der Waals surface area contributed by atoms with Gasteiger partial charge in [0.1, 0.15) is 11.6 Å². The summed E-state index contributed by atoms with van der Waals surface area (Å²) in [5.74, 6) is -0.357. The van der Waals surface area contributed by atoms with Crippen molar-refractivity contribution >= 4 is 17.6 Å². The van der Waals surface area contributed by atoms with Gasteiger partial charge in [-0.1, -0.05) is 17.3 Å². The Bertz CT molecular complexity index is 938. The molecule has 2 aromatic heterocycles. The zero-order valence-electron chi connectivity index (χ0n) is 13.8. The van der Waals surface area contributed by atoms with Gasteiger partial charge in [-0.05, 0) is 30.7 Å². The average Bonchev–Trinajstić information content (AvgIpc) is 3.05. The summed E-state index contributed by atoms with van der Waals surface area (Å²) in [5, 5.41) is 8.93. The first-order valence-electron chi connectivity index (χ1n) is 7.73. The first-order chi connectivity index (χ1) is 12.5. The van der Waals surface area contributed by atoms with Crippen molar-refractivity contribution in [3.63, 3.8) is 0 Å². The monoisotopic (exact) mass is 354 g/mol. The first-order valence-corrected chi connectivity index (χ1v) is 7.73. The molecule has 0 saturated carbocycles. The lowest BCUT2D eigenvalue weighted by Crippen LogP contribution is -2.23. The van der Waals surface area contributed by atoms with Gasteiger partial charge in [-0.3, -0.25) is 14.6 Å². The number of nitrogens with zero attached hydrogens (tertiary/aromatic N) is 2. The third-order valence-corrected chi connectivity index (χ3v) is 3.50. The van der Waals surface area contributed by atoms with Crippen molar-refractivity contribution in [1.29, 1.82) is 0 Å². The Morgan fingerprint density at radius 3 is 2.42 bits per heavy atom. The number of nitrogens with one attached hydrogen (secondary N) is 2. The fourth-order valence-corrected chi connectivity index (χ4v) is 2.19. The van der Waals surface area contributed by atoms with Gasteiger partial charge in [-0.15, -0.1) is 0 Å². The van der Waals surface area contributed by atoms with Gasteiger partial charge in [0.25, 0.3) is 11.8 Å². The highest BCUT2D eigenvalue weighted by Crippen LogP contribution is 2.10. The number of hydrogen-bond donors (Lipinski definition) is 2. The molecule has 26 heavy (non-hydrogen) atoms. The second kappa shape index (κ2) is 7.56. The molecule has 132 valence electrons. The predicted molar refractivity (Wildman–Crippen MR) is 91.0 cm³/mol. The third-order valence-electron chi connectivity index (χ3n) is 3.50. The fraction of sp³-hybridized carbons (Fsp3) is 0.111. The molecule has 2 N–H and O–H groups in total. The van der Waals surface area contributed by atoms with E-state index in [4.69, 9.17) is 4.52 Å². The van der Waals surface area contributed by atoms with Crippen molar-refractivity contribution in [3.05, 3.63) is 77.1 Å². The number of carbonyl (C=O) groups is 2. The number of halogens is 1. The van der Waals surface area contributed by atoms with Gasteiger partial charge in [-0.25, -0.2) is 4.39 Å². The van der Waals surface area contributed by atoms with Gasteiger partial charge in [0.2, 0.25) is 0 Å². The molecule has 0 unspecified atom stereocenters. The number of rotatable bonds is 5. The molecule has 2 heterocycles. The summed E-state index contributed by atoms with van der Waals surface area (Å²) in [6, 6.07) is 8.80. The van der Waals surface area contributed by atoms with Gasteiger partial charge in [0, 0.05) is 25.0 Å². The second-order valence-electron chi connectivity index (χ2n) is 5.55. The highest BCUT2D eigenvalue weighted by molar-refractivity contribution is 6.05. The van der Waals surface area contributed by atoms with Crippen LogP contribution >= 0.6 is 0 Å². The number of amides is 2. The van der Waals surface area contributed by atoms with Crippen LogP contribution in [-0.4, -0.2) is 22.0 Å². The lowest BCUT2D eigenvalue weighted by molar-refractivity contribution is 0.0950. The van der Waals surface area contributed by atoms with Crippen molar-refractivity contribution in [1.82, 2.24) is 15.5 Å². The van der Waals surface area contributed by atoms with Gasteiger partial charge in [0.15, 0.2) is 5.82 Å². The number of anilines is 1. The molecule has 0 aliphatic rings. The Balaban J connectivity index is 1.64. The number of hydrogen-bond acceptors (Lipinski definition) is 5. The van der Waals surface area contributed by atoms with Crippen LogP contribution in [0.2, 0.25) is 0 Å². The largest absolute Gasteiger partial charge is 0.360 e. The Labute approximate surface area is 148 Å². The number of benzene rings is 1. The first kappa shape index (κ1) is 17.3. The van der Waals surface area contributed by atoms with Gasteiger partial charge < -0.3 is 15.2 Å². The molecule has 2 amide bonds. The summed E-state index contributed by atoms with van der Waals surface area (Å²) in [6.07, 6.45) is 2.70. The SMILES string of the molecule is Cc1cc(NC(=O)c2cncc(C(=O)NCc3ccc(F)cc3)c2)no1. The maximum absolute atomic E-state index is 12.9. The summed E-state index contributed by atoms with van der Waals surface area (Å²) in [7, 11) is 0. The fourth-order valence-electron chi connectivity index (χ4n) is 2.19. The number of aryl methyl sites for hydroxylation is 1. The molecule has 0 aliphatic heterocycles. The molecular weight excluding hydrogens is 339 g/mol. The standard InChI is InChI=1S/C18H15FN4O3/c1-11-6-16(23-26-11)22-18(25)14-7-13(9-20-10-14)17(24)21-8-12-2-4-15(19)5-3-12/h2-7,9-10H,8H2,1H3,(H,21,24)(H,22,23,25). The average molecular weight is 354 g/mol. The number of carbonyl (C=O) groups excluding carboxylic acids is 2. The predicted octanol–water partition coefficient (Wildman–Crippen LogP) is 2.70. The van der Waals surface area contributed by atoms with E-state index in [1.807, 2.05) is 0 Å². The highest BCUT2D eigenvalue weighted by Gasteiger charge is 2.13. The smallest absolute Gasteiger partial charge is 0.258 e. The summed E-state index contributed by atoms with van der Waals surface area (Å²) in [6.45, 7) is 1.93. The van der Waals surface area contributed by atoms with Crippen LogP contribution in [0.3, 0.4) is 0 Å². The van der Waals surface area contributed by atoms with Crippen LogP contribution in [0.15, 0.2) is 53.3 Å². The second-order valence-corrected chi connectivity index (χ2v) is 5.55. The highest BCUT2D eigenvalue weighted by atomic mass is 19.1. The molecule has 7 nitrogen and oxygen atoms in total. The molecule has 0 bridgehead atoms. The minimum atomic E-state index is -0.459. The molecule has 3 rings (SSSR count). The zero-order chi connectivity index (χ0) is 18.5. The zero-order valence-corrected chi connectivity index (χ0v) is 13.8. The van der Waals surface area contributed by atoms with Crippen molar-refractivity contribution < 1.29 is 18.5 Å². The molecule has 1 aromatic carbocycles. The van der Waals surface area contributed by atoms with Crippen LogP contribution in [0.4, 0.5) is 10.2 Å². The summed E-state index contributed by atoms with van der Waals surface area (Å²) in [4.78, 5) is 28.4. The summed E-state index contributed by atoms with van der Waals surface area (Å²) < 4.78 is 17.8. The third kappa shape index (κ3) is 4.29. The van der Waals surface area contributed by atoms with Crippen molar-refractivity contribution in [3.8, 4) is 0 Å². The summed E-state index contributed by atoms with van der Waals surface area (Å²) >= 11 is 0. The lowest BCUT2D eigenvalue weighted by Gasteiger charge is -2.07. The number of aromatic nitrogens is 2. The Hall–Kier alpha value is -3.55. The van der Waals surface area contributed by atoms with E-state index in [9.17, 15) is 14.0 Å². The Morgan fingerprint density at radius 1 is 1.08 bits per heavy atom. The Kier molecular flexibility index (Phi) is 5.02. The quantitative estimate of drug-likeness (QED) is 0.734. The van der Waals surface area contributed by atoms with E-state index < -0.39 is 11.8 Å². The van der Waals surface area contributed by atoms with E-state index in [1.165, 1.54) is 30.6 Å². The van der Waals surface area contributed by atoms with Crippen LogP contribution in [-0.2, 0) is 6.54 Å². The van der Waals surface area contributed by atoms with Crippen LogP contribution in [0, 0.1) is 12.7 Å². The van der Waals surface area contributed by atoms with Crippen LogP contribution in [0.1, 0.15) is 32.0 Å². The normalized spacial score (nSPS) is 10.4. The molecule has 0 fully saturated rings. The number of pyridine rings is 1. The van der Waals surface area contributed by atoms with Crippen LogP contribution in [0.25, 0.3) is 0 Å². The van der Waals surface area contributed by atoms with E-state index in [1.54, 1.807) is 25.1 Å². The molecule has 0 aliphatic carbocycles. The summed E-state index contributed by atoms with van der Waals surface area (Å²) in [5.41, 5.74) is 1.19. The minimum Gasteiger partial charge on any atom is -0.360 e. The van der Waals surface area contributed by atoms with Gasteiger partial charge in [-0.2, -0.15) is 0 Å².